The van der Waals surface area contributed by atoms with E-state index in [1.807, 2.05) is 49.4 Å². The molecule has 2 aromatic carbocycles. The molecule has 2 aromatic rings. The van der Waals surface area contributed by atoms with Crippen molar-refractivity contribution in [2.24, 2.45) is 10.9 Å². The lowest BCUT2D eigenvalue weighted by Gasteiger charge is -2.24. The fraction of sp³-hybridized carbons (Fsp3) is 0.286. The van der Waals surface area contributed by atoms with Crippen molar-refractivity contribution in [3.05, 3.63) is 52.5 Å². The molecule has 0 spiro atoms. The Morgan fingerprint density at radius 2 is 2.11 bits per heavy atom. The predicted octanol–water partition coefficient (Wildman–Crippen LogP) is 4.62. The first kappa shape index (κ1) is 17.9. The lowest BCUT2D eigenvalue weighted by atomic mass is 10.1. The average molecular weight is 426 g/mol. The summed E-state index contributed by atoms with van der Waals surface area (Å²) in [4.78, 5) is 32.2. The molecule has 138 valence electrons. The Morgan fingerprint density at radius 1 is 1.30 bits per heavy atom. The minimum absolute atomic E-state index is 0.0323. The fourth-order valence-corrected chi connectivity index (χ4v) is 4.29. The van der Waals surface area contributed by atoms with E-state index in [9.17, 15) is 9.59 Å². The van der Waals surface area contributed by atoms with Gasteiger partial charge in [-0.3, -0.25) is 14.6 Å². The largest absolute Gasteiger partial charge is 0.324 e. The first-order valence-electron chi connectivity index (χ1n) is 9.07. The predicted molar refractivity (Wildman–Crippen MR) is 111 cm³/mol. The lowest BCUT2D eigenvalue weighted by molar-refractivity contribution is -0.122. The number of hydrogen-bond acceptors (Lipinski definition) is 3. The van der Waals surface area contributed by atoms with Gasteiger partial charge in [0, 0.05) is 10.2 Å². The molecule has 1 saturated carbocycles. The van der Waals surface area contributed by atoms with E-state index in [2.05, 4.69) is 21.2 Å². The molecule has 0 bridgehead atoms. The van der Waals surface area contributed by atoms with Gasteiger partial charge in [0.2, 0.25) is 11.8 Å². The van der Waals surface area contributed by atoms with Gasteiger partial charge in [-0.1, -0.05) is 18.2 Å². The van der Waals surface area contributed by atoms with Crippen LogP contribution >= 0.6 is 15.9 Å². The van der Waals surface area contributed by atoms with Crippen molar-refractivity contribution in [2.45, 2.75) is 26.2 Å². The van der Waals surface area contributed by atoms with Crippen molar-refractivity contribution >= 4 is 50.5 Å². The van der Waals surface area contributed by atoms with E-state index >= 15 is 0 Å². The average Bonchev–Trinajstić information content (AvgIpc) is 3.06. The number of carbonyl (C=O) groups excluding carboxylic acids is 2. The second-order valence-electron chi connectivity index (χ2n) is 6.99. The molecule has 2 amide bonds. The van der Waals surface area contributed by atoms with E-state index in [-0.39, 0.29) is 24.3 Å². The minimum Gasteiger partial charge on any atom is -0.324 e. The number of carbonyl (C=O) groups is 2. The van der Waals surface area contributed by atoms with E-state index in [1.165, 1.54) is 0 Å². The van der Waals surface area contributed by atoms with Crippen LogP contribution in [0.1, 0.15) is 24.8 Å². The van der Waals surface area contributed by atoms with Crippen LogP contribution in [0.2, 0.25) is 0 Å². The van der Waals surface area contributed by atoms with Crippen LogP contribution in [0.3, 0.4) is 0 Å². The normalized spacial score (nSPS) is 18.4. The third kappa shape index (κ3) is 3.54. The topological polar surface area (TPSA) is 61.8 Å². The summed E-state index contributed by atoms with van der Waals surface area (Å²) in [5.74, 6) is -0.477. The molecule has 0 radical (unpaired) electrons. The third-order valence-electron chi connectivity index (χ3n) is 5.03. The van der Waals surface area contributed by atoms with Crippen molar-refractivity contribution in [3.8, 4) is 0 Å². The molecule has 0 aromatic heterocycles. The number of benzene rings is 2. The smallest absolute Gasteiger partial charge is 0.244 e. The molecule has 2 aliphatic rings. The Labute approximate surface area is 166 Å². The first-order valence-corrected chi connectivity index (χ1v) is 9.86. The maximum absolute atomic E-state index is 13.1. The van der Waals surface area contributed by atoms with Gasteiger partial charge in [0.1, 0.15) is 6.54 Å². The van der Waals surface area contributed by atoms with Crippen molar-refractivity contribution in [1.29, 1.82) is 0 Å². The Morgan fingerprint density at radius 3 is 2.93 bits per heavy atom. The first-order chi connectivity index (χ1) is 13.0. The highest BCUT2D eigenvalue weighted by atomic mass is 79.9. The molecular formula is C21H20BrN3O2. The molecule has 4 rings (SSSR count). The summed E-state index contributed by atoms with van der Waals surface area (Å²) in [6, 6.07) is 13.3. The van der Waals surface area contributed by atoms with Crippen LogP contribution < -0.4 is 10.2 Å². The molecule has 0 saturated heterocycles. The zero-order valence-corrected chi connectivity index (χ0v) is 16.6. The third-order valence-corrected chi connectivity index (χ3v) is 5.69. The van der Waals surface area contributed by atoms with Crippen molar-refractivity contribution in [1.82, 2.24) is 0 Å². The van der Waals surface area contributed by atoms with Gasteiger partial charge in [-0.2, -0.15) is 0 Å². The van der Waals surface area contributed by atoms with Crippen molar-refractivity contribution < 1.29 is 9.59 Å². The second kappa shape index (κ2) is 7.27. The molecule has 5 nitrogen and oxygen atoms in total. The lowest BCUT2D eigenvalue weighted by Crippen LogP contribution is -2.41. The molecule has 1 heterocycles. The van der Waals surface area contributed by atoms with Crippen molar-refractivity contribution in [3.63, 3.8) is 0 Å². The number of hydrogen-bond donors (Lipinski definition) is 1. The summed E-state index contributed by atoms with van der Waals surface area (Å²) in [5, 5.41) is 2.90. The molecule has 1 fully saturated rings. The monoisotopic (exact) mass is 425 g/mol. The van der Waals surface area contributed by atoms with Crippen LogP contribution in [0.25, 0.3) is 0 Å². The van der Waals surface area contributed by atoms with Crippen LogP contribution in [0.15, 0.2) is 51.9 Å². The SMILES string of the molecule is Cc1ccc(NC(=O)CN2C(=O)C3CCCC3=Nc3ccccc32)c(Br)c1. The molecule has 6 heteroatoms. The van der Waals surface area contributed by atoms with Gasteiger partial charge in [0.25, 0.3) is 0 Å². The molecular weight excluding hydrogens is 406 g/mol. The van der Waals surface area contributed by atoms with Gasteiger partial charge < -0.3 is 10.2 Å². The highest BCUT2D eigenvalue weighted by Gasteiger charge is 2.37. The van der Waals surface area contributed by atoms with Crippen LogP contribution in [-0.4, -0.2) is 24.1 Å². The van der Waals surface area contributed by atoms with E-state index in [0.29, 0.717) is 11.4 Å². The molecule has 1 aliphatic carbocycles. The van der Waals surface area contributed by atoms with Crippen LogP contribution in [0, 0.1) is 12.8 Å². The Hall–Kier alpha value is -2.47. The fourth-order valence-electron chi connectivity index (χ4n) is 3.69. The number of aliphatic imine (C=N–C) groups is 1. The van der Waals surface area contributed by atoms with E-state index in [4.69, 9.17) is 4.99 Å². The summed E-state index contributed by atoms with van der Waals surface area (Å²) in [7, 11) is 0. The second-order valence-corrected chi connectivity index (χ2v) is 7.85. The van der Waals surface area contributed by atoms with E-state index < -0.39 is 0 Å². The van der Waals surface area contributed by atoms with Crippen molar-refractivity contribution in [2.75, 3.05) is 16.8 Å². The van der Waals surface area contributed by atoms with Gasteiger partial charge in [-0.05, 0) is 71.9 Å². The summed E-state index contributed by atoms with van der Waals surface area (Å²) < 4.78 is 0.819. The number of rotatable bonds is 3. The number of aryl methyl sites for hydroxylation is 1. The minimum atomic E-state index is -0.232. The Bertz CT molecular complexity index is 954. The van der Waals surface area contributed by atoms with Gasteiger partial charge >= 0.3 is 0 Å². The number of amides is 2. The van der Waals surface area contributed by atoms with E-state index in [0.717, 1.165) is 40.7 Å². The van der Waals surface area contributed by atoms with Gasteiger partial charge in [0.05, 0.1) is 23.0 Å². The maximum atomic E-state index is 13.1. The summed E-state index contributed by atoms with van der Waals surface area (Å²) >= 11 is 3.47. The quantitative estimate of drug-likeness (QED) is 0.779. The number of fused-ring (bicyclic) bond motifs is 2. The summed E-state index contributed by atoms with van der Waals surface area (Å²) in [5.41, 5.74) is 4.19. The molecule has 1 aliphatic heterocycles. The number of anilines is 2. The van der Waals surface area contributed by atoms with Crippen LogP contribution in [0.4, 0.5) is 17.1 Å². The summed E-state index contributed by atoms with van der Waals surface area (Å²) in [6.07, 6.45) is 2.61. The Kier molecular flexibility index (Phi) is 4.83. The number of halogens is 1. The highest BCUT2D eigenvalue weighted by Crippen LogP contribution is 2.37. The molecule has 1 atom stereocenters. The van der Waals surface area contributed by atoms with Gasteiger partial charge in [-0.15, -0.1) is 0 Å². The molecule has 1 unspecified atom stereocenters. The van der Waals surface area contributed by atoms with Crippen LogP contribution in [0.5, 0.6) is 0 Å². The maximum Gasteiger partial charge on any atom is 0.244 e. The number of para-hydroxylation sites is 2. The standard InChI is InChI=1S/C21H20BrN3O2/c1-13-9-10-17(15(22)11-13)24-20(26)12-25-19-8-3-2-6-18(19)23-16-7-4-5-14(16)21(25)27/h2-3,6,8-11,14H,4-5,7,12H2,1H3,(H,24,26). The van der Waals surface area contributed by atoms with Crippen LogP contribution in [-0.2, 0) is 9.59 Å². The molecule has 1 N–H and O–H groups in total. The number of nitrogens with zero attached hydrogens (tertiary/aromatic N) is 2. The molecule has 27 heavy (non-hydrogen) atoms. The Balaban J connectivity index is 1.61. The van der Waals surface area contributed by atoms with Gasteiger partial charge in [0.15, 0.2) is 0 Å². The van der Waals surface area contributed by atoms with E-state index in [1.54, 1.807) is 4.90 Å². The van der Waals surface area contributed by atoms with Gasteiger partial charge in [-0.25, -0.2) is 0 Å². The zero-order chi connectivity index (χ0) is 19.0. The summed E-state index contributed by atoms with van der Waals surface area (Å²) in [6.45, 7) is 1.96. The number of nitrogens with one attached hydrogen (secondary N) is 1. The zero-order valence-electron chi connectivity index (χ0n) is 15.0. The highest BCUT2D eigenvalue weighted by molar-refractivity contribution is 9.10.